The molecule has 4 atom stereocenters. The second-order valence-corrected chi connectivity index (χ2v) is 19.8. The van der Waals surface area contributed by atoms with Crippen molar-refractivity contribution in [2.45, 2.75) is 90.3 Å². The van der Waals surface area contributed by atoms with Crippen LogP contribution < -0.4 is 14.8 Å². The molecule has 1 spiro atoms. The van der Waals surface area contributed by atoms with E-state index in [2.05, 4.69) is 116 Å². The Kier molecular flexibility index (Phi) is 11.1. The number of fused-ring (bicyclic) bond motifs is 2. The number of aliphatic hydroxyl groups excluding tert-OH is 1. The van der Waals surface area contributed by atoms with Gasteiger partial charge in [-0.2, -0.15) is 0 Å². The van der Waals surface area contributed by atoms with Crippen LogP contribution in [-0.4, -0.2) is 60.4 Å². The Balaban J connectivity index is 1.53. The highest BCUT2D eigenvalue weighted by molar-refractivity contribution is 14.1. The van der Waals surface area contributed by atoms with Gasteiger partial charge >= 0.3 is 0 Å². The molecule has 5 rings (SSSR count). The number of aromatic nitrogens is 3. The van der Waals surface area contributed by atoms with Crippen molar-refractivity contribution in [3.63, 3.8) is 0 Å². The molecule has 3 aromatic rings. The minimum Gasteiger partial charge on any atom is -0.497 e. The second-order valence-electron chi connectivity index (χ2n) is 13.8. The van der Waals surface area contributed by atoms with Gasteiger partial charge in [0, 0.05) is 47.4 Å². The van der Waals surface area contributed by atoms with Gasteiger partial charge < -0.3 is 19.5 Å². The summed E-state index contributed by atoms with van der Waals surface area (Å²) in [6, 6.07) is 14.8. The number of nitrogens with zero attached hydrogens (tertiary/aromatic N) is 4. The van der Waals surface area contributed by atoms with Crippen molar-refractivity contribution in [1.29, 1.82) is 0 Å². The number of carbonyl (C=O) groups excluding carboxylic acids is 1. The van der Waals surface area contributed by atoms with E-state index in [0.717, 1.165) is 39.1 Å². The molecule has 0 radical (unpaired) electrons. The Labute approximate surface area is 294 Å². The first-order chi connectivity index (χ1) is 22.4. The van der Waals surface area contributed by atoms with Crippen LogP contribution in [0, 0.1) is 9.49 Å². The van der Waals surface area contributed by atoms with Gasteiger partial charge in [0.25, 0.3) is 5.91 Å². The third-order valence-electron chi connectivity index (χ3n) is 10.1. The van der Waals surface area contributed by atoms with Crippen LogP contribution in [0.1, 0.15) is 58.2 Å². The van der Waals surface area contributed by atoms with Gasteiger partial charge in [-0.05, 0) is 98.5 Å². The standard InChI is InChI=1S/C37H49IN4O4Si/c1-25(2)9-8-10-26(3)17-21-42-33-16-11-28(38)23-32(33)37(36(42)44)27(4)35(47(6,7)31-14-12-30(45-5)13-15-31)34(46-37)18-20-41-24-29(19-22-43)39-40-41/h9,11-17,23-24,27,34-35,43H,8,10,18-22H2,1-7H3/b26-17+/t27-,34+,35-,37+/m1/s1. The zero-order valence-electron chi connectivity index (χ0n) is 28.8. The maximum atomic E-state index is 14.9. The molecule has 8 nitrogen and oxygen atoms in total. The summed E-state index contributed by atoms with van der Waals surface area (Å²) in [5.41, 5.74) is 4.37. The smallest absolute Gasteiger partial charge is 0.264 e. The van der Waals surface area contributed by atoms with Gasteiger partial charge in [-0.25, -0.2) is 0 Å². The van der Waals surface area contributed by atoms with Gasteiger partial charge in [-0.3, -0.25) is 9.48 Å². The quantitative estimate of drug-likeness (QED) is 0.117. The first kappa shape index (κ1) is 35.5. The maximum absolute atomic E-state index is 14.9. The van der Waals surface area contributed by atoms with E-state index < -0.39 is 13.7 Å². The van der Waals surface area contributed by atoms with Gasteiger partial charge in [-0.15, -0.1) is 5.10 Å². The molecule has 2 aliphatic heterocycles. The summed E-state index contributed by atoms with van der Waals surface area (Å²) in [7, 11) is -0.553. The molecule has 3 heterocycles. The van der Waals surface area contributed by atoms with E-state index >= 15 is 0 Å². The summed E-state index contributed by atoms with van der Waals surface area (Å²) in [5.74, 6) is 0.809. The third kappa shape index (κ3) is 7.16. The van der Waals surface area contributed by atoms with Crippen LogP contribution >= 0.6 is 22.6 Å². The van der Waals surface area contributed by atoms with E-state index in [1.54, 1.807) is 7.11 Å². The van der Waals surface area contributed by atoms with E-state index in [9.17, 15) is 9.90 Å². The fourth-order valence-corrected chi connectivity index (χ4v) is 12.2. The lowest BCUT2D eigenvalue weighted by Gasteiger charge is -2.37. The van der Waals surface area contributed by atoms with Crippen LogP contribution in [0.4, 0.5) is 5.69 Å². The summed E-state index contributed by atoms with van der Waals surface area (Å²) < 4.78 is 15.7. The molecule has 0 unspecified atom stereocenters. The molecule has 0 saturated carbocycles. The maximum Gasteiger partial charge on any atom is 0.264 e. The molecule has 1 aromatic heterocycles. The van der Waals surface area contributed by atoms with E-state index in [0.29, 0.717) is 25.9 Å². The molecule has 0 aliphatic carbocycles. The van der Waals surface area contributed by atoms with Crippen molar-refractivity contribution in [2.75, 3.05) is 25.2 Å². The highest BCUT2D eigenvalue weighted by Crippen LogP contribution is 2.60. The van der Waals surface area contributed by atoms with Crippen molar-refractivity contribution in [3.05, 3.63) is 86.8 Å². The first-order valence-corrected chi connectivity index (χ1v) is 20.8. The Morgan fingerprint density at radius 1 is 1.15 bits per heavy atom. The number of anilines is 1. The van der Waals surface area contributed by atoms with E-state index in [4.69, 9.17) is 9.47 Å². The van der Waals surface area contributed by atoms with Crippen molar-refractivity contribution < 1.29 is 19.4 Å². The molecule has 2 aromatic carbocycles. The molecule has 47 heavy (non-hydrogen) atoms. The number of carbonyl (C=O) groups is 1. The summed E-state index contributed by atoms with van der Waals surface area (Å²) in [6.07, 6.45) is 9.34. The predicted octanol–water partition coefficient (Wildman–Crippen LogP) is 6.77. The van der Waals surface area contributed by atoms with Crippen molar-refractivity contribution >= 4 is 47.4 Å². The second kappa shape index (κ2) is 14.8. The zero-order valence-corrected chi connectivity index (χ0v) is 32.0. The average Bonchev–Trinajstić information content (AvgIpc) is 3.68. The zero-order chi connectivity index (χ0) is 33.9. The van der Waals surface area contributed by atoms with Crippen LogP contribution in [0.5, 0.6) is 5.75 Å². The highest BCUT2D eigenvalue weighted by atomic mass is 127. The lowest BCUT2D eigenvalue weighted by atomic mass is 9.82. The van der Waals surface area contributed by atoms with E-state index in [1.165, 1.54) is 16.3 Å². The van der Waals surface area contributed by atoms with E-state index in [1.807, 2.05) is 27.9 Å². The number of amides is 1. The molecular formula is C37H49IN4O4Si. The lowest BCUT2D eigenvalue weighted by Crippen LogP contribution is -2.52. The van der Waals surface area contributed by atoms with Gasteiger partial charge in [0.1, 0.15) is 5.75 Å². The minimum atomic E-state index is -2.24. The van der Waals surface area contributed by atoms with Crippen LogP contribution in [0.25, 0.3) is 0 Å². The summed E-state index contributed by atoms with van der Waals surface area (Å²) in [5, 5.41) is 19.2. The van der Waals surface area contributed by atoms with Crippen molar-refractivity contribution in [1.82, 2.24) is 15.0 Å². The van der Waals surface area contributed by atoms with E-state index in [-0.39, 0.29) is 30.1 Å². The number of hydrogen-bond donors (Lipinski definition) is 1. The molecular weight excluding hydrogens is 719 g/mol. The Bertz CT molecular complexity index is 1630. The fourth-order valence-electron chi connectivity index (χ4n) is 7.61. The fraction of sp³-hybridized carbons (Fsp3) is 0.486. The molecule has 1 saturated heterocycles. The molecule has 1 fully saturated rings. The number of ether oxygens (including phenoxy) is 2. The number of methoxy groups -OCH3 is 1. The van der Waals surface area contributed by atoms with Gasteiger partial charge in [0.15, 0.2) is 5.60 Å². The van der Waals surface area contributed by atoms with Crippen LogP contribution in [0.3, 0.4) is 0 Å². The van der Waals surface area contributed by atoms with Crippen LogP contribution in [0.2, 0.25) is 18.6 Å². The largest absolute Gasteiger partial charge is 0.497 e. The number of aliphatic hydroxyl groups is 1. The summed E-state index contributed by atoms with van der Waals surface area (Å²) >= 11 is 2.35. The molecule has 1 N–H and O–H groups in total. The minimum absolute atomic E-state index is 0.0355. The SMILES string of the molecule is COc1ccc([Si](C)(C)[C@H]2[C@H](CCn3cc(CCO)nn3)O[C@@]3(C(=O)N(C/C=C(\C)CCC=C(C)C)c4ccc(I)cc43)[C@@H]2C)cc1. The molecule has 10 heteroatoms. The topological polar surface area (TPSA) is 89.7 Å². The van der Waals surface area contributed by atoms with Gasteiger partial charge in [0.05, 0.1) is 32.7 Å². The third-order valence-corrected chi connectivity index (χ3v) is 15.1. The lowest BCUT2D eigenvalue weighted by molar-refractivity contribution is -0.145. The Morgan fingerprint density at radius 3 is 2.57 bits per heavy atom. The average molecular weight is 769 g/mol. The number of allylic oxidation sites excluding steroid dienone is 3. The molecule has 252 valence electrons. The summed E-state index contributed by atoms with van der Waals surface area (Å²) in [6.45, 7) is 14.6. The molecule has 2 aliphatic rings. The van der Waals surface area contributed by atoms with Crippen LogP contribution in [-0.2, 0) is 28.1 Å². The predicted molar refractivity (Wildman–Crippen MR) is 199 cm³/mol. The van der Waals surface area contributed by atoms with Gasteiger partial charge in [0.2, 0.25) is 0 Å². The molecule has 0 bridgehead atoms. The van der Waals surface area contributed by atoms with Gasteiger partial charge in [-0.1, -0.05) is 65.8 Å². The normalized spacial score (nSPS) is 22.7. The number of rotatable bonds is 13. The number of halogens is 1. The first-order valence-electron chi connectivity index (χ1n) is 16.7. The monoisotopic (exact) mass is 768 g/mol. The summed E-state index contributed by atoms with van der Waals surface area (Å²) in [4.78, 5) is 16.9. The van der Waals surface area contributed by atoms with Crippen molar-refractivity contribution in [3.8, 4) is 5.75 Å². The number of benzene rings is 2. The van der Waals surface area contributed by atoms with Crippen molar-refractivity contribution in [2.24, 2.45) is 5.92 Å². The highest BCUT2D eigenvalue weighted by Gasteiger charge is 2.66. The number of aryl methyl sites for hydroxylation is 1. The van der Waals surface area contributed by atoms with Crippen LogP contribution in [0.15, 0.2) is 72.0 Å². The Hall–Kier alpha value is -2.80. The number of hydrogen-bond acceptors (Lipinski definition) is 6. The Morgan fingerprint density at radius 2 is 1.89 bits per heavy atom. The molecule has 1 amide bonds.